The monoisotopic (exact) mass is 356 g/mol. The van der Waals surface area contributed by atoms with Gasteiger partial charge in [-0.3, -0.25) is 4.98 Å². The maximum atomic E-state index is 4.89. The van der Waals surface area contributed by atoms with Crippen LogP contribution in [0.3, 0.4) is 0 Å². The largest absolute Gasteiger partial charge is 0.355 e. The van der Waals surface area contributed by atoms with Gasteiger partial charge in [0.2, 0.25) is 5.95 Å². The highest BCUT2D eigenvalue weighted by Crippen LogP contribution is 2.23. The molecule has 27 heavy (non-hydrogen) atoms. The minimum atomic E-state index is 0.806. The molecular weight excluding hydrogens is 332 g/mol. The second-order valence-corrected chi connectivity index (χ2v) is 6.72. The molecule has 4 nitrogen and oxygen atoms in total. The van der Waals surface area contributed by atoms with Gasteiger partial charge in [0.25, 0.3) is 0 Å². The van der Waals surface area contributed by atoms with Crippen molar-refractivity contribution >= 4 is 17.0 Å². The number of nitrogens with zero attached hydrogens (tertiary/aromatic N) is 3. The number of anilines is 1. The van der Waals surface area contributed by atoms with Crippen LogP contribution in [-0.2, 0) is 19.4 Å². The van der Waals surface area contributed by atoms with Crippen molar-refractivity contribution in [3.63, 3.8) is 0 Å². The van der Waals surface area contributed by atoms with E-state index in [9.17, 15) is 0 Å². The Morgan fingerprint density at radius 2 is 1.70 bits per heavy atom. The summed E-state index contributed by atoms with van der Waals surface area (Å²) in [5.41, 5.74) is 6.08. The molecule has 2 heterocycles. The van der Waals surface area contributed by atoms with Gasteiger partial charge in [-0.05, 0) is 53.8 Å². The normalized spacial score (nSPS) is 11.0. The average molecular weight is 356 g/mol. The first-order valence-electron chi connectivity index (χ1n) is 9.49. The summed E-state index contributed by atoms with van der Waals surface area (Å²) in [4.78, 5) is 8.97. The molecule has 1 N–H and O–H groups in total. The quantitative estimate of drug-likeness (QED) is 0.522. The van der Waals surface area contributed by atoms with Crippen LogP contribution in [0.4, 0.5) is 5.95 Å². The number of nitrogens with one attached hydrogen (secondary N) is 1. The van der Waals surface area contributed by atoms with Gasteiger partial charge in [0, 0.05) is 18.9 Å². The third-order valence-corrected chi connectivity index (χ3v) is 4.85. The summed E-state index contributed by atoms with van der Waals surface area (Å²) in [5.74, 6) is 0.927. The van der Waals surface area contributed by atoms with E-state index in [2.05, 4.69) is 82.5 Å². The zero-order valence-corrected chi connectivity index (χ0v) is 15.6. The molecule has 0 aliphatic rings. The molecule has 0 radical (unpaired) electrons. The van der Waals surface area contributed by atoms with E-state index in [1.54, 1.807) is 0 Å². The van der Waals surface area contributed by atoms with E-state index in [1.807, 2.05) is 12.4 Å². The topological polar surface area (TPSA) is 42.7 Å². The summed E-state index contributed by atoms with van der Waals surface area (Å²) in [6.45, 7) is 3.82. The number of fused-ring (bicyclic) bond motifs is 1. The number of aromatic nitrogens is 3. The van der Waals surface area contributed by atoms with Crippen molar-refractivity contribution in [2.24, 2.45) is 0 Å². The van der Waals surface area contributed by atoms with E-state index in [4.69, 9.17) is 4.98 Å². The summed E-state index contributed by atoms with van der Waals surface area (Å²) in [6.07, 6.45) is 5.64. The van der Waals surface area contributed by atoms with Crippen LogP contribution in [0.2, 0.25) is 0 Å². The van der Waals surface area contributed by atoms with E-state index in [0.717, 1.165) is 37.4 Å². The van der Waals surface area contributed by atoms with E-state index in [0.29, 0.717) is 0 Å². The average Bonchev–Trinajstić information content (AvgIpc) is 3.06. The first-order chi connectivity index (χ1) is 13.3. The Morgan fingerprint density at radius 1 is 0.889 bits per heavy atom. The number of imidazole rings is 1. The van der Waals surface area contributed by atoms with E-state index in [1.165, 1.54) is 22.2 Å². The highest BCUT2D eigenvalue weighted by Gasteiger charge is 2.11. The van der Waals surface area contributed by atoms with Gasteiger partial charge in [-0.2, -0.15) is 0 Å². The van der Waals surface area contributed by atoms with E-state index in [-0.39, 0.29) is 0 Å². The lowest BCUT2D eigenvalue weighted by molar-refractivity contribution is 0.819. The summed E-state index contributed by atoms with van der Waals surface area (Å²) < 4.78 is 2.27. The first kappa shape index (κ1) is 17.3. The molecule has 0 spiro atoms. The zero-order chi connectivity index (χ0) is 18.5. The molecule has 136 valence electrons. The highest BCUT2D eigenvalue weighted by atomic mass is 15.2. The predicted octanol–water partition coefficient (Wildman–Crippen LogP) is 4.70. The Hall–Kier alpha value is -3.14. The molecule has 0 unspecified atom stereocenters. The van der Waals surface area contributed by atoms with E-state index < -0.39 is 0 Å². The number of pyridine rings is 1. The van der Waals surface area contributed by atoms with Gasteiger partial charge >= 0.3 is 0 Å². The second-order valence-electron chi connectivity index (χ2n) is 6.72. The van der Waals surface area contributed by atoms with Gasteiger partial charge in [0.05, 0.1) is 17.6 Å². The number of hydrogen-bond donors (Lipinski definition) is 1. The van der Waals surface area contributed by atoms with Crippen molar-refractivity contribution in [1.82, 2.24) is 14.5 Å². The minimum absolute atomic E-state index is 0.806. The van der Waals surface area contributed by atoms with Gasteiger partial charge in [-0.15, -0.1) is 0 Å². The van der Waals surface area contributed by atoms with Crippen LogP contribution < -0.4 is 5.32 Å². The molecule has 2 aromatic heterocycles. The summed E-state index contributed by atoms with van der Waals surface area (Å²) >= 11 is 0. The molecule has 0 fully saturated rings. The molecule has 0 saturated heterocycles. The number of hydrogen-bond acceptors (Lipinski definition) is 3. The molecule has 4 aromatic rings. The molecule has 0 bridgehead atoms. The third-order valence-electron chi connectivity index (χ3n) is 4.85. The van der Waals surface area contributed by atoms with Gasteiger partial charge in [-0.25, -0.2) is 4.98 Å². The molecule has 4 heteroatoms. The van der Waals surface area contributed by atoms with Gasteiger partial charge in [0.15, 0.2) is 0 Å². The lowest BCUT2D eigenvalue weighted by atomic mass is 10.1. The lowest BCUT2D eigenvalue weighted by Crippen LogP contribution is -2.11. The van der Waals surface area contributed by atoms with Gasteiger partial charge in [0.1, 0.15) is 0 Å². The van der Waals surface area contributed by atoms with Crippen LogP contribution in [-0.4, -0.2) is 21.1 Å². The second kappa shape index (κ2) is 8.04. The molecular formula is C23H24N4. The molecule has 4 rings (SSSR count). The van der Waals surface area contributed by atoms with Gasteiger partial charge < -0.3 is 9.88 Å². The van der Waals surface area contributed by atoms with E-state index >= 15 is 0 Å². The van der Waals surface area contributed by atoms with Crippen LogP contribution >= 0.6 is 0 Å². The molecule has 0 amide bonds. The number of rotatable bonds is 7. The Labute approximate surface area is 159 Å². The smallest absolute Gasteiger partial charge is 0.204 e. The maximum Gasteiger partial charge on any atom is 0.204 e. The Balaban J connectivity index is 1.61. The lowest BCUT2D eigenvalue weighted by Gasteiger charge is -2.11. The van der Waals surface area contributed by atoms with Crippen LogP contribution in [0, 0.1) is 0 Å². The van der Waals surface area contributed by atoms with Crippen LogP contribution in [0.25, 0.3) is 11.0 Å². The fourth-order valence-electron chi connectivity index (χ4n) is 3.32. The third kappa shape index (κ3) is 4.00. The van der Waals surface area contributed by atoms with Crippen LogP contribution in [0.15, 0.2) is 73.1 Å². The molecule has 0 aliphatic carbocycles. The SMILES string of the molecule is CCc1ccc2c(c1)nc(NCCc1ccncc1)n2Cc1ccccc1. The molecule has 0 atom stereocenters. The van der Waals surface area contributed by atoms with Crippen LogP contribution in [0.1, 0.15) is 23.6 Å². The summed E-state index contributed by atoms with van der Waals surface area (Å²) in [6, 6.07) is 21.2. The summed E-state index contributed by atoms with van der Waals surface area (Å²) in [7, 11) is 0. The Kier molecular flexibility index (Phi) is 5.15. The van der Waals surface area contributed by atoms with Crippen molar-refractivity contribution in [1.29, 1.82) is 0 Å². The predicted molar refractivity (Wildman–Crippen MR) is 111 cm³/mol. The number of aryl methyl sites for hydroxylation is 1. The van der Waals surface area contributed by atoms with Gasteiger partial charge in [-0.1, -0.05) is 43.3 Å². The van der Waals surface area contributed by atoms with Crippen molar-refractivity contribution in [3.05, 3.63) is 89.7 Å². The van der Waals surface area contributed by atoms with Crippen LogP contribution in [0.5, 0.6) is 0 Å². The highest BCUT2D eigenvalue weighted by molar-refractivity contribution is 5.79. The standard InChI is InChI=1S/C23H24N4/c1-2-18-8-9-22-21(16-18)26-23(25-15-12-19-10-13-24-14-11-19)27(22)17-20-6-4-3-5-7-20/h3-11,13-14,16H,2,12,15,17H2,1H3,(H,25,26). The van der Waals surface area contributed by atoms with Crippen molar-refractivity contribution in [2.45, 2.75) is 26.3 Å². The molecule has 2 aromatic carbocycles. The molecule has 0 saturated carbocycles. The fraction of sp³-hybridized carbons (Fsp3) is 0.217. The van der Waals surface area contributed by atoms with Crippen molar-refractivity contribution in [3.8, 4) is 0 Å². The first-order valence-corrected chi connectivity index (χ1v) is 9.49. The Bertz CT molecular complexity index is 1010. The Morgan fingerprint density at radius 3 is 2.48 bits per heavy atom. The minimum Gasteiger partial charge on any atom is -0.355 e. The number of benzene rings is 2. The zero-order valence-electron chi connectivity index (χ0n) is 15.6. The van der Waals surface area contributed by atoms with Crippen molar-refractivity contribution < 1.29 is 0 Å². The fourth-order valence-corrected chi connectivity index (χ4v) is 3.32. The van der Waals surface area contributed by atoms with Crippen molar-refractivity contribution in [2.75, 3.05) is 11.9 Å². The summed E-state index contributed by atoms with van der Waals surface area (Å²) in [5, 5.41) is 3.54. The molecule has 0 aliphatic heterocycles. The maximum absolute atomic E-state index is 4.89.